The standard InChI is InChI=1S/C9H17NO3/c1-2-3-4-7(9(12)13)8(11)5-6-10/h7H,2-6,10H2,1H3,(H,12,13)/t7-/m1/s1. The van der Waals surface area contributed by atoms with Crippen molar-refractivity contribution in [3.05, 3.63) is 0 Å². The first-order valence-electron chi connectivity index (χ1n) is 4.59. The fraction of sp³-hybridized carbons (Fsp3) is 0.778. The van der Waals surface area contributed by atoms with Crippen LogP contribution in [0.25, 0.3) is 0 Å². The minimum atomic E-state index is -1.02. The third kappa shape index (κ3) is 4.62. The summed E-state index contributed by atoms with van der Waals surface area (Å²) in [6, 6.07) is 0. The highest BCUT2D eigenvalue weighted by Crippen LogP contribution is 2.11. The highest BCUT2D eigenvalue weighted by molar-refractivity contribution is 5.98. The van der Waals surface area contributed by atoms with Crippen LogP contribution in [-0.4, -0.2) is 23.4 Å². The molecule has 0 saturated heterocycles. The second kappa shape index (κ2) is 6.60. The highest BCUT2D eigenvalue weighted by Gasteiger charge is 2.24. The molecule has 0 spiro atoms. The number of hydrogen-bond donors (Lipinski definition) is 2. The number of nitrogens with two attached hydrogens (primary N) is 1. The first-order valence-corrected chi connectivity index (χ1v) is 4.59. The molecule has 3 N–H and O–H groups in total. The first-order chi connectivity index (χ1) is 6.13. The van der Waals surface area contributed by atoms with E-state index in [1.165, 1.54) is 0 Å². The summed E-state index contributed by atoms with van der Waals surface area (Å²) in [6.07, 6.45) is 2.28. The van der Waals surface area contributed by atoms with E-state index in [0.717, 1.165) is 12.8 Å². The molecule has 0 aliphatic carbocycles. The van der Waals surface area contributed by atoms with E-state index in [4.69, 9.17) is 10.8 Å². The molecule has 0 radical (unpaired) electrons. The van der Waals surface area contributed by atoms with Gasteiger partial charge in [0.25, 0.3) is 0 Å². The summed E-state index contributed by atoms with van der Waals surface area (Å²) in [6.45, 7) is 2.20. The number of carboxylic acids is 1. The SMILES string of the molecule is CCCC[C@@H](C(=O)O)C(=O)CCN. The number of ketones is 1. The molecular weight excluding hydrogens is 170 g/mol. The lowest BCUT2D eigenvalue weighted by molar-refractivity contribution is -0.146. The van der Waals surface area contributed by atoms with Gasteiger partial charge in [0.15, 0.2) is 0 Å². The molecule has 13 heavy (non-hydrogen) atoms. The van der Waals surface area contributed by atoms with Crippen LogP contribution in [0, 0.1) is 5.92 Å². The van der Waals surface area contributed by atoms with Gasteiger partial charge in [0.2, 0.25) is 0 Å². The molecule has 0 aromatic rings. The number of carboxylic acid groups (broad SMARTS) is 1. The lowest BCUT2D eigenvalue weighted by Gasteiger charge is -2.09. The van der Waals surface area contributed by atoms with E-state index in [1.807, 2.05) is 6.92 Å². The molecule has 0 fully saturated rings. The average molecular weight is 187 g/mol. The molecule has 0 aliphatic rings. The van der Waals surface area contributed by atoms with Crippen molar-refractivity contribution in [1.29, 1.82) is 0 Å². The molecule has 0 aliphatic heterocycles. The Labute approximate surface area is 78.1 Å². The number of rotatable bonds is 7. The van der Waals surface area contributed by atoms with Crippen molar-refractivity contribution in [3.63, 3.8) is 0 Å². The van der Waals surface area contributed by atoms with Gasteiger partial charge in [-0.25, -0.2) is 0 Å². The second-order valence-corrected chi connectivity index (χ2v) is 3.04. The van der Waals surface area contributed by atoms with Gasteiger partial charge in [0.1, 0.15) is 11.7 Å². The molecule has 4 heteroatoms. The van der Waals surface area contributed by atoms with Crippen LogP contribution >= 0.6 is 0 Å². The molecule has 0 aromatic carbocycles. The zero-order chi connectivity index (χ0) is 10.3. The van der Waals surface area contributed by atoms with Crippen molar-refractivity contribution in [2.24, 2.45) is 11.7 Å². The minimum Gasteiger partial charge on any atom is -0.481 e. The second-order valence-electron chi connectivity index (χ2n) is 3.04. The molecule has 0 rings (SSSR count). The Kier molecular flexibility index (Phi) is 6.14. The van der Waals surface area contributed by atoms with Crippen LogP contribution < -0.4 is 5.73 Å². The van der Waals surface area contributed by atoms with Gasteiger partial charge in [0.05, 0.1) is 0 Å². The van der Waals surface area contributed by atoms with Gasteiger partial charge in [-0.3, -0.25) is 9.59 Å². The zero-order valence-corrected chi connectivity index (χ0v) is 7.95. The van der Waals surface area contributed by atoms with Crippen molar-refractivity contribution >= 4 is 11.8 Å². The lowest BCUT2D eigenvalue weighted by Crippen LogP contribution is -2.25. The van der Waals surface area contributed by atoms with Crippen molar-refractivity contribution < 1.29 is 14.7 Å². The molecule has 0 heterocycles. The van der Waals surface area contributed by atoms with Gasteiger partial charge < -0.3 is 10.8 Å². The van der Waals surface area contributed by atoms with Crippen molar-refractivity contribution in [1.82, 2.24) is 0 Å². The maximum absolute atomic E-state index is 11.2. The van der Waals surface area contributed by atoms with E-state index in [9.17, 15) is 9.59 Å². The maximum atomic E-state index is 11.2. The van der Waals surface area contributed by atoms with Crippen LogP contribution in [0.5, 0.6) is 0 Å². The lowest BCUT2D eigenvalue weighted by atomic mass is 9.96. The molecule has 1 atom stereocenters. The van der Waals surface area contributed by atoms with Gasteiger partial charge in [-0.2, -0.15) is 0 Å². The normalized spacial score (nSPS) is 12.5. The van der Waals surface area contributed by atoms with E-state index in [2.05, 4.69) is 0 Å². The maximum Gasteiger partial charge on any atom is 0.314 e. The Morgan fingerprint density at radius 3 is 2.46 bits per heavy atom. The van der Waals surface area contributed by atoms with Crippen LogP contribution in [0.1, 0.15) is 32.6 Å². The molecule has 0 aromatic heterocycles. The summed E-state index contributed by atoms with van der Waals surface area (Å²) in [4.78, 5) is 21.9. The molecule has 0 bridgehead atoms. The quantitative estimate of drug-likeness (QED) is 0.577. The van der Waals surface area contributed by atoms with Gasteiger partial charge in [-0.1, -0.05) is 19.8 Å². The molecule has 4 nitrogen and oxygen atoms in total. The number of aliphatic carboxylic acids is 1. The van der Waals surface area contributed by atoms with E-state index in [-0.39, 0.29) is 18.7 Å². The van der Waals surface area contributed by atoms with Crippen molar-refractivity contribution in [2.45, 2.75) is 32.6 Å². The average Bonchev–Trinajstić information content (AvgIpc) is 2.05. The number of unbranched alkanes of at least 4 members (excludes halogenated alkanes) is 1. The van der Waals surface area contributed by atoms with Crippen LogP contribution in [0.4, 0.5) is 0 Å². The van der Waals surface area contributed by atoms with Crippen LogP contribution in [0.3, 0.4) is 0 Å². The Bertz CT molecular complexity index is 180. The molecule has 0 saturated carbocycles. The molecule has 76 valence electrons. The number of Topliss-reactive ketones (excluding diaryl/α,β-unsaturated/α-hetero) is 1. The van der Waals surface area contributed by atoms with Gasteiger partial charge in [-0.15, -0.1) is 0 Å². The van der Waals surface area contributed by atoms with Crippen LogP contribution in [-0.2, 0) is 9.59 Å². The topological polar surface area (TPSA) is 80.4 Å². The third-order valence-corrected chi connectivity index (χ3v) is 1.92. The predicted molar refractivity (Wildman–Crippen MR) is 49.3 cm³/mol. The summed E-state index contributed by atoms with van der Waals surface area (Å²) in [5, 5.41) is 8.74. The Hall–Kier alpha value is -0.900. The summed E-state index contributed by atoms with van der Waals surface area (Å²) in [5.41, 5.74) is 5.18. The highest BCUT2D eigenvalue weighted by atomic mass is 16.4. The predicted octanol–water partition coefficient (Wildman–Crippen LogP) is 0.795. The Balaban J connectivity index is 4.07. The third-order valence-electron chi connectivity index (χ3n) is 1.92. The fourth-order valence-electron chi connectivity index (χ4n) is 1.15. The summed E-state index contributed by atoms with van der Waals surface area (Å²) >= 11 is 0. The van der Waals surface area contributed by atoms with Crippen molar-refractivity contribution in [2.75, 3.05) is 6.54 Å². The fourth-order valence-corrected chi connectivity index (χ4v) is 1.15. The number of carbonyl (C=O) groups excluding carboxylic acids is 1. The van der Waals surface area contributed by atoms with E-state index < -0.39 is 11.9 Å². The van der Waals surface area contributed by atoms with Gasteiger partial charge in [-0.05, 0) is 13.0 Å². The monoisotopic (exact) mass is 187 g/mol. The van der Waals surface area contributed by atoms with Crippen LogP contribution in [0.15, 0.2) is 0 Å². The largest absolute Gasteiger partial charge is 0.481 e. The van der Waals surface area contributed by atoms with Gasteiger partial charge >= 0.3 is 5.97 Å². The number of hydrogen-bond acceptors (Lipinski definition) is 3. The van der Waals surface area contributed by atoms with E-state index in [1.54, 1.807) is 0 Å². The van der Waals surface area contributed by atoms with Crippen molar-refractivity contribution in [3.8, 4) is 0 Å². The number of carbonyl (C=O) groups is 2. The Morgan fingerprint density at radius 1 is 1.46 bits per heavy atom. The molecule has 0 unspecified atom stereocenters. The summed E-state index contributed by atoms with van der Waals surface area (Å²) in [7, 11) is 0. The van der Waals surface area contributed by atoms with Gasteiger partial charge in [0, 0.05) is 6.42 Å². The van der Waals surface area contributed by atoms with E-state index >= 15 is 0 Å². The van der Waals surface area contributed by atoms with Crippen LogP contribution in [0.2, 0.25) is 0 Å². The zero-order valence-electron chi connectivity index (χ0n) is 7.95. The Morgan fingerprint density at radius 2 is 2.08 bits per heavy atom. The smallest absolute Gasteiger partial charge is 0.314 e. The van der Waals surface area contributed by atoms with E-state index in [0.29, 0.717) is 6.42 Å². The summed E-state index contributed by atoms with van der Waals surface area (Å²) in [5.74, 6) is -2.11. The first kappa shape index (κ1) is 12.1. The summed E-state index contributed by atoms with van der Waals surface area (Å²) < 4.78 is 0. The minimum absolute atomic E-state index is 0.167. The molecular formula is C9H17NO3. The molecule has 0 amide bonds.